The van der Waals surface area contributed by atoms with Gasteiger partial charge in [-0.15, -0.1) is 0 Å². The highest BCUT2D eigenvalue weighted by molar-refractivity contribution is 6.21. The number of hydrogen-bond donors (Lipinski definition) is 0. The molecule has 114 valence electrons. The standard InChI is InChI=1S/C17H12FN3O2/c1-20-15(12-3-2-4-13(18)9-12)16(22)21(17(20)23)14-7-5-11(10-19)6-8-14/h2-9,15H,1H3/t15-/m1/s1. The Kier molecular flexibility index (Phi) is 3.54. The lowest BCUT2D eigenvalue weighted by Gasteiger charge is -2.16. The van der Waals surface area contributed by atoms with Gasteiger partial charge in [-0.05, 0) is 42.0 Å². The van der Waals surface area contributed by atoms with E-state index in [2.05, 4.69) is 0 Å². The molecule has 0 aromatic heterocycles. The molecule has 0 bridgehead atoms. The Bertz CT molecular complexity index is 826. The molecule has 1 aliphatic rings. The molecule has 0 radical (unpaired) electrons. The monoisotopic (exact) mass is 309 g/mol. The van der Waals surface area contributed by atoms with Crippen molar-refractivity contribution in [2.45, 2.75) is 6.04 Å². The quantitative estimate of drug-likeness (QED) is 0.801. The van der Waals surface area contributed by atoms with Crippen molar-refractivity contribution in [1.82, 2.24) is 4.90 Å². The van der Waals surface area contributed by atoms with Crippen LogP contribution in [0.3, 0.4) is 0 Å². The van der Waals surface area contributed by atoms with Crippen LogP contribution in [0.15, 0.2) is 48.5 Å². The van der Waals surface area contributed by atoms with Crippen molar-refractivity contribution in [2.24, 2.45) is 0 Å². The molecular formula is C17H12FN3O2. The SMILES string of the molecule is CN1C(=O)N(c2ccc(C#N)cc2)C(=O)[C@H]1c1cccc(F)c1. The van der Waals surface area contributed by atoms with E-state index in [1.54, 1.807) is 6.07 Å². The fourth-order valence-electron chi connectivity index (χ4n) is 2.62. The normalized spacial score (nSPS) is 17.5. The summed E-state index contributed by atoms with van der Waals surface area (Å²) in [6.45, 7) is 0. The number of nitriles is 1. The minimum Gasteiger partial charge on any atom is -0.311 e. The largest absolute Gasteiger partial charge is 0.332 e. The average molecular weight is 309 g/mol. The number of rotatable bonds is 2. The molecule has 0 spiro atoms. The molecule has 0 unspecified atom stereocenters. The first-order valence-electron chi connectivity index (χ1n) is 6.89. The van der Waals surface area contributed by atoms with E-state index >= 15 is 0 Å². The summed E-state index contributed by atoms with van der Waals surface area (Å²) in [5.74, 6) is -0.916. The van der Waals surface area contributed by atoms with Gasteiger partial charge in [0.15, 0.2) is 0 Å². The zero-order chi connectivity index (χ0) is 16.6. The topological polar surface area (TPSA) is 64.4 Å². The summed E-state index contributed by atoms with van der Waals surface area (Å²) in [4.78, 5) is 27.4. The van der Waals surface area contributed by atoms with Crippen LogP contribution in [-0.4, -0.2) is 23.9 Å². The van der Waals surface area contributed by atoms with Crippen LogP contribution >= 0.6 is 0 Å². The van der Waals surface area contributed by atoms with E-state index in [0.29, 0.717) is 16.8 Å². The molecule has 5 nitrogen and oxygen atoms in total. The lowest BCUT2D eigenvalue weighted by atomic mass is 10.1. The third-order valence-corrected chi connectivity index (χ3v) is 3.75. The van der Waals surface area contributed by atoms with Gasteiger partial charge in [-0.3, -0.25) is 4.79 Å². The number of anilines is 1. The lowest BCUT2D eigenvalue weighted by molar-refractivity contribution is -0.119. The molecule has 0 aliphatic carbocycles. The summed E-state index contributed by atoms with van der Waals surface area (Å²) in [5, 5.41) is 8.82. The van der Waals surface area contributed by atoms with Crippen LogP contribution < -0.4 is 4.90 Å². The number of carbonyl (C=O) groups excluding carboxylic acids is 2. The number of imide groups is 1. The van der Waals surface area contributed by atoms with Crippen LogP contribution in [-0.2, 0) is 4.79 Å². The number of amides is 3. The maximum atomic E-state index is 13.4. The minimum atomic E-state index is -0.867. The molecule has 1 aliphatic heterocycles. The molecule has 1 saturated heterocycles. The number of urea groups is 1. The molecule has 1 fully saturated rings. The predicted octanol–water partition coefficient (Wildman–Crippen LogP) is 2.84. The number of benzene rings is 2. The summed E-state index contributed by atoms with van der Waals surface area (Å²) in [7, 11) is 1.50. The number of likely N-dealkylation sites (N-methyl/N-ethyl adjacent to an activating group) is 1. The van der Waals surface area contributed by atoms with E-state index in [1.165, 1.54) is 54.4 Å². The first-order valence-corrected chi connectivity index (χ1v) is 6.89. The third kappa shape index (κ3) is 2.42. The van der Waals surface area contributed by atoms with Gasteiger partial charge in [0.05, 0.1) is 17.3 Å². The first-order chi connectivity index (χ1) is 11.0. The van der Waals surface area contributed by atoms with Crippen LogP contribution in [0.4, 0.5) is 14.9 Å². The molecule has 0 N–H and O–H groups in total. The lowest BCUT2D eigenvalue weighted by Crippen LogP contribution is -2.31. The van der Waals surface area contributed by atoms with Crippen molar-refractivity contribution in [2.75, 3.05) is 11.9 Å². The Morgan fingerprint density at radius 1 is 1.13 bits per heavy atom. The molecule has 23 heavy (non-hydrogen) atoms. The second-order valence-corrected chi connectivity index (χ2v) is 5.18. The molecule has 6 heteroatoms. The van der Waals surface area contributed by atoms with Crippen LogP contribution in [0.5, 0.6) is 0 Å². The van der Waals surface area contributed by atoms with Crippen molar-refractivity contribution in [3.63, 3.8) is 0 Å². The smallest absolute Gasteiger partial charge is 0.311 e. The van der Waals surface area contributed by atoms with E-state index in [-0.39, 0.29) is 0 Å². The molecule has 0 saturated carbocycles. The predicted molar refractivity (Wildman–Crippen MR) is 80.9 cm³/mol. The Balaban J connectivity index is 1.99. The Morgan fingerprint density at radius 2 is 1.83 bits per heavy atom. The summed E-state index contributed by atoms with van der Waals surface area (Å²) in [5.41, 5.74) is 1.23. The van der Waals surface area contributed by atoms with Crippen LogP contribution in [0.25, 0.3) is 0 Å². The maximum Gasteiger partial charge on any atom is 0.332 e. The number of nitrogens with zero attached hydrogens (tertiary/aromatic N) is 3. The fourth-order valence-corrected chi connectivity index (χ4v) is 2.62. The fraction of sp³-hybridized carbons (Fsp3) is 0.118. The summed E-state index contributed by atoms with van der Waals surface area (Å²) in [6.07, 6.45) is 0. The van der Waals surface area contributed by atoms with Gasteiger partial charge in [-0.1, -0.05) is 12.1 Å². The number of halogens is 1. The number of hydrogen-bond acceptors (Lipinski definition) is 3. The van der Waals surface area contributed by atoms with E-state index in [1.807, 2.05) is 6.07 Å². The Labute approximate surface area is 132 Å². The summed E-state index contributed by atoms with van der Waals surface area (Å²) in [6, 6.07) is 12.4. The first kappa shape index (κ1) is 14.7. The molecule has 2 aromatic carbocycles. The molecule has 1 heterocycles. The van der Waals surface area contributed by atoms with Gasteiger partial charge in [-0.25, -0.2) is 14.1 Å². The van der Waals surface area contributed by atoms with Gasteiger partial charge >= 0.3 is 6.03 Å². The van der Waals surface area contributed by atoms with Gasteiger partial charge in [0.25, 0.3) is 5.91 Å². The van der Waals surface area contributed by atoms with Gasteiger partial charge in [0, 0.05) is 7.05 Å². The third-order valence-electron chi connectivity index (χ3n) is 3.75. The molecule has 3 rings (SSSR count). The highest BCUT2D eigenvalue weighted by Crippen LogP contribution is 2.33. The zero-order valence-corrected chi connectivity index (χ0v) is 12.2. The van der Waals surface area contributed by atoms with Gasteiger partial charge in [-0.2, -0.15) is 5.26 Å². The summed E-state index contributed by atoms with van der Waals surface area (Å²) >= 11 is 0. The Hall–Kier alpha value is -3.20. The van der Waals surface area contributed by atoms with Crippen molar-refractivity contribution in [1.29, 1.82) is 5.26 Å². The van der Waals surface area contributed by atoms with Crippen molar-refractivity contribution in [3.8, 4) is 6.07 Å². The summed E-state index contributed by atoms with van der Waals surface area (Å²) < 4.78 is 13.4. The van der Waals surface area contributed by atoms with E-state index < -0.39 is 23.8 Å². The molecule has 2 aromatic rings. The van der Waals surface area contributed by atoms with E-state index in [0.717, 1.165) is 4.90 Å². The minimum absolute atomic E-state index is 0.379. The van der Waals surface area contributed by atoms with Crippen molar-refractivity contribution < 1.29 is 14.0 Å². The van der Waals surface area contributed by atoms with Gasteiger partial charge in [0.2, 0.25) is 0 Å². The van der Waals surface area contributed by atoms with Crippen molar-refractivity contribution in [3.05, 3.63) is 65.5 Å². The van der Waals surface area contributed by atoms with E-state index in [9.17, 15) is 14.0 Å². The van der Waals surface area contributed by atoms with Crippen LogP contribution in [0.1, 0.15) is 17.2 Å². The highest BCUT2D eigenvalue weighted by atomic mass is 19.1. The van der Waals surface area contributed by atoms with E-state index in [4.69, 9.17) is 5.26 Å². The van der Waals surface area contributed by atoms with Crippen molar-refractivity contribution >= 4 is 17.6 Å². The second-order valence-electron chi connectivity index (χ2n) is 5.18. The van der Waals surface area contributed by atoms with Crippen LogP contribution in [0, 0.1) is 17.1 Å². The highest BCUT2D eigenvalue weighted by Gasteiger charge is 2.44. The average Bonchev–Trinajstić information content (AvgIpc) is 2.77. The van der Waals surface area contributed by atoms with Crippen LogP contribution in [0.2, 0.25) is 0 Å². The zero-order valence-electron chi connectivity index (χ0n) is 12.2. The number of carbonyl (C=O) groups is 2. The van der Waals surface area contributed by atoms with Gasteiger partial charge < -0.3 is 4.90 Å². The van der Waals surface area contributed by atoms with Gasteiger partial charge in [0.1, 0.15) is 11.9 Å². The molecule has 1 atom stereocenters. The maximum absolute atomic E-state index is 13.4. The molecule has 3 amide bonds. The molecular weight excluding hydrogens is 297 g/mol. The Morgan fingerprint density at radius 3 is 2.43 bits per heavy atom. The second kappa shape index (κ2) is 5.54.